The zero-order chi connectivity index (χ0) is 20.9. The van der Waals surface area contributed by atoms with E-state index < -0.39 is 15.9 Å². The molecule has 0 saturated carbocycles. The third-order valence-corrected chi connectivity index (χ3v) is 6.87. The number of nitrogens with one attached hydrogen (secondary N) is 2. The molecule has 2 aromatic carbocycles. The highest BCUT2D eigenvalue weighted by Gasteiger charge is 2.27. The van der Waals surface area contributed by atoms with Gasteiger partial charge >= 0.3 is 0 Å². The minimum atomic E-state index is -3.61. The lowest BCUT2D eigenvalue weighted by molar-refractivity contribution is -0.122. The summed E-state index contributed by atoms with van der Waals surface area (Å²) in [6.45, 7) is 2.92. The number of sulfonamides is 1. The highest BCUT2D eigenvalue weighted by atomic mass is 32.2. The van der Waals surface area contributed by atoms with Crippen LogP contribution in [0.25, 0.3) is 0 Å². The fraction of sp³-hybridized carbons (Fsp3) is 0.333. The molecule has 3 rings (SSSR count). The number of benzene rings is 2. The van der Waals surface area contributed by atoms with E-state index in [-0.39, 0.29) is 28.7 Å². The summed E-state index contributed by atoms with van der Waals surface area (Å²) in [5, 5.41) is 0. The van der Waals surface area contributed by atoms with E-state index in [1.165, 1.54) is 28.6 Å². The second-order valence-corrected chi connectivity index (χ2v) is 9.10. The molecule has 2 N–H and O–H groups in total. The number of amides is 2. The highest BCUT2D eigenvalue weighted by molar-refractivity contribution is 7.89. The molecule has 29 heavy (non-hydrogen) atoms. The lowest BCUT2D eigenvalue weighted by Gasteiger charge is -2.16. The molecule has 7 nitrogen and oxygen atoms in total. The van der Waals surface area contributed by atoms with E-state index in [0.717, 1.165) is 18.4 Å². The van der Waals surface area contributed by atoms with Gasteiger partial charge in [0.1, 0.15) is 0 Å². The summed E-state index contributed by atoms with van der Waals surface area (Å²) in [5.74, 6) is -0.887. The van der Waals surface area contributed by atoms with E-state index in [2.05, 4.69) is 10.9 Å². The first-order chi connectivity index (χ1) is 13.9. The topological polar surface area (TPSA) is 95.6 Å². The van der Waals surface area contributed by atoms with Crippen molar-refractivity contribution in [2.45, 2.75) is 37.0 Å². The lowest BCUT2D eigenvalue weighted by Crippen LogP contribution is -2.42. The Morgan fingerprint density at radius 1 is 1.00 bits per heavy atom. The van der Waals surface area contributed by atoms with Crippen molar-refractivity contribution in [2.24, 2.45) is 0 Å². The lowest BCUT2D eigenvalue weighted by atomic mass is 9.98. The molecule has 0 bridgehead atoms. The molecule has 0 radical (unpaired) electrons. The largest absolute Gasteiger partial charge is 0.273 e. The Hall–Kier alpha value is -2.71. The number of rotatable bonds is 6. The molecule has 0 aliphatic carbocycles. The average molecular weight is 416 g/mol. The molecule has 0 spiro atoms. The first-order valence-corrected chi connectivity index (χ1v) is 11.1. The predicted octanol–water partition coefficient (Wildman–Crippen LogP) is 2.43. The van der Waals surface area contributed by atoms with Crippen molar-refractivity contribution in [1.29, 1.82) is 0 Å². The zero-order valence-electron chi connectivity index (χ0n) is 16.3. The Kier molecular flexibility index (Phi) is 6.66. The van der Waals surface area contributed by atoms with Crippen molar-refractivity contribution in [3.8, 4) is 0 Å². The predicted molar refractivity (Wildman–Crippen MR) is 110 cm³/mol. The van der Waals surface area contributed by atoms with Crippen LogP contribution in [0.5, 0.6) is 0 Å². The van der Waals surface area contributed by atoms with Crippen LogP contribution in [0.2, 0.25) is 0 Å². The molecule has 1 heterocycles. The van der Waals surface area contributed by atoms with Crippen molar-refractivity contribution in [3.63, 3.8) is 0 Å². The Morgan fingerprint density at radius 2 is 1.69 bits per heavy atom. The highest BCUT2D eigenvalue weighted by Crippen LogP contribution is 2.21. The van der Waals surface area contributed by atoms with Crippen molar-refractivity contribution in [2.75, 3.05) is 13.1 Å². The summed E-state index contributed by atoms with van der Waals surface area (Å²) >= 11 is 0. The quantitative estimate of drug-likeness (QED) is 0.709. The van der Waals surface area contributed by atoms with Crippen LogP contribution < -0.4 is 10.9 Å². The van der Waals surface area contributed by atoms with Gasteiger partial charge in [-0.1, -0.05) is 43.3 Å². The molecule has 1 fully saturated rings. The molecular weight excluding hydrogens is 390 g/mol. The number of nitrogens with zero attached hydrogens (tertiary/aromatic N) is 1. The first kappa shape index (κ1) is 21.0. The average Bonchev–Trinajstić information content (AvgIpc) is 3.28. The van der Waals surface area contributed by atoms with Crippen molar-refractivity contribution < 1.29 is 18.0 Å². The van der Waals surface area contributed by atoms with Gasteiger partial charge in [-0.25, -0.2) is 8.42 Å². The first-order valence-electron chi connectivity index (χ1n) is 9.62. The molecule has 2 amide bonds. The molecule has 0 aromatic heterocycles. The van der Waals surface area contributed by atoms with E-state index in [9.17, 15) is 18.0 Å². The maximum Gasteiger partial charge on any atom is 0.269 e. The van der Waals surface area contributed by atoms with E-state index >= 15 is 0 Å². The van der Waals surface area contributed by atoms with E-state index in [1.807, 2.05) is 37.3 Å². The van der Waals surface area contributed by atoms with Gasteiger partial charge in [0.05, 0.1) is 4.90 Å². The molecule has 2 aromatic rings. The number of carbonyl (C=O) groups excluding carboxylic acids is 2. The Labute approximate surface area is 171 Å². The molecule has 8 heteroatoms. The molecule has 1 aliphatic heterocycles. The van der Waals surface area contributed by atoms with Gasteiger partial charge in [0.15, 0.2) is 0 Å². The van der Waals surface area contributed by atoms with E-state index in [4.69, 9.17) is 0 Å². The molecule has 0 unspecified atom stereocenters. The van der Waals surface area contributed by atoms with Crippen LogP contribution >= 0.6 is 0 Å². The summed E-state index contributed by atoms with van der Waals surface area (Å²) in [5.41, 5.74) is 5.96. The van der Waals surface area contributed by atoms with Gasteiger partial charge in [0.2, 0.25) is 15.9 Å². The molecule has 154 valence electrons. The van der Waals surface area contributed by atoms with Crippen LogP contribution in [0.15, 0.2) is 59.5 Å². The van der Waals surface area contributed by atoms with Crippen LogP contribution in [0.1, 0.15) is 48.0 Å². The van der Waals surface area contributed by atoms with Gasteiger partial charge in [0, 0.05) is 25.1 Å². The summed E-state index contributed by atoms with van der Waals surface area (Å²) in [6.07, 6.45) is 1.90. The Bertz CT molecular complexity index is 970. The van der Waals surface area contributed by atoms with Crippen LogP contribution in [-0.2, 0) is 14.8 Å². The molecule has 1 saturated heterocycles. The minimum absolute atomic E-state index is 0.00188. The van der Waals surface area contributed by atoms with Gasteiger partial charge in [-0.3, -0.25) is 20.4 Å². The monoisotopic (exact) mass is 415 g/mol. The Balaban J connectivity index is 1.59. The third-order valence-electron chi connectivity index (χ3n) is 4.97. The summed E-state index contributed by atoms with van der Waals surface area (Å²) in [6, 6.07) is 15.5. The number of hydrazine groups is 1. The van der Waals surface area contributed by atoms with Crippen molar-refractivity contribution in [3.05, 3.63) is 65.7 Å². The van der Waals surface area contributed by atoms with Crippen molar-refractivity contribution in [1.82, 2.24) is 15.2 Å². The summed E-state index contributed by atoms with van der Waals surface area (Å²) in [7, 11) is -3.61. The van der Waals surface area contributed by atoms with Gasteiger partial charge < -0.3 is 0 Å². The standard InChI is InChI=1S/C21H25N3O4S/c1-16(17-8-3-2-4-9-17)14-20(25)22-23-21(26)18-10-7-11-19(15-18)29(27,28)24-12-5-6-13-24/h2-4,7-11,15-16H,5-6,12-14H2,1H3,(H,22,25)(H,23,26)/t16-/m0/s1. The second kappa shape index (κ2) is 9.19. The third kappa shape index (κ3) is 5.21. The smallest absolute Gasteiger partial charge is 0.269 e. The minimum Gasteiger partial charge on any atom is -0.273 e. The Morgan fingerprint density at radius 3 is 2.38 bits per heavy atom. The van der Waals surface area contributed by atoms with Gasteiger partial charge in [0.25, 0.3) is 5.91 Å². The van der Waals surface area contributed by atoms with Gasteiger partial charge in [-0.2, -0.15) is 4.31 Å². The maximum absolute atomic E-state index is 12.7. The molecule has 1 atom stereocenters. The molecular formula is C21H25N3O4S. The zero-order valence-corrected chi connectivity index (χ0v) is 17.1. The second-order valence-electron chi connectivity index (χ2n) is 7.16. The SMILES string of the molecule is C[C@@H](CC(=O)NNC(=O)c1cccc(S(=O)(=O)N2CCCC2)c1)c1ccccc1. The van der Waals surface area contributed by atoms with Gasteiger partial charge in [-0.05, 0) is 42.5 Å². The maximum atomic E-state index is 12.7. The summed E-state index contributed by atoms with van der Waals surface area (Å²) in [4.78, 5) is 24.6. The molecule has 1 aliphatic rings. The van der Waals surface area contributed by atoms with E-state index in [1.54, 1.807) is 0 Å². The number of carbonyl (C=O) groups is 2. The van der Waals surface area contributed by atoms with Gasteiger partial charge in [-0.15, -0.1) is 0 Å². The van der Waals surface area contributed by atoms with Crippen LogP contribution in [0.4, 0.5) is 0 Å². The van der Waals surface area contributed by atoms with E-state index in [0.29, 0.717) is 13.1 Å². The normalized spacial score (nSPS) is 15.6. The summed E-state index contributed by atoms with van der Waals surface area (Å²) < 4.78 is 26.7. The van der Waals surface area contributed by atoms with Crippen LogP contribution in [0.3, 0.4) is 0 Å². The van der Waals surface area contributed by atoms with Crippen molar-refractivity contribution >= 4 is 21.8 Å². The fourth-order valence-electron chi connectivity index (χ4n) is 3.30. The number of hydrogen-bond donors (Lipinski definition) is 2. The fourth-order valence-corrected chi connectivity index (χ4v) is 4.87. The van der Waals surface area contributed by atoms with Crippen LogP contribution in [-0.4, -0.2) is 37.6 Å². The van der Waals surface area contributed by atoms with Crippen LogP contribution in [0, 0.1) is 0 Å². The number of hydrogen-bond acceptors (Lipinski definition) is 4.